The van der Waals surface area contributed by atoms with Crippen LogP contribution in [0.2, 0.25) is 0 Å². The smallest absolute Gasteiger partial charge is 0.404 e. The van der Waals surface area contributed by atoms with E-state index in [1.165, 1.54) is 0 Å². The van der Waals surface area contributed by atoms with Gasteiger partial charge in [0.05, 0.1) is 11.1 Å². The third-order valence-corrected chi connectivity index (χ3v) is 7.72. The van der Waals surface area contributed by atoms with Crippen molar-refractivity contribution in [1.29, 1.82) is 10.5 Å². The van der Waals surface area contributed by atoms with Crippen LogP contribution in [-0.4, -0.2) is 47.4 Å². The van der Waals surface area contributed by atoms with E-state index in [4.69, 9.17) is 21.2 Å². The van der Waals surface area contributed by atoms with Crippen LogP contribution in [-0.2, 0) is 9.53 Å². The quantitative estimate of drug-likeness (QED) is 0.453. The minimum absolute atomic E-state index is 0.0739. The summed E-state index contributed by atoms with van der Waals surface area (Å²) in [6, 6.07) is 13.5. The lowest BCUT2D eigenvalue weighted by Crippen LogP contribution is -2.48. The molecule has 0 radical (unpaired) electrons. The van der Waals surface area contributed by atoms with Gasteiger partial charge in [-0.15, -0.1) is 0 Å². The zero-order valence-corrected chi connectivity index (χ0v) is 20.3. The van der Waals surface area contributed by atoms with Gasteiger partial charge < -0.3 is 26.2 Å². The summed E-state index contributed by atoms with van der Waals surface area (Å²) < 4.78 is 4.81. The third-order valence-electron chi connectivity index (χ3n) is 6.46. The summed E-state index contributed by atoms with van der Waals surface area (Å²) in [5, 5.41) is 30.5. The first-order chi connectivity index (χ1) is 17.3. The Kier molecular flexibility index (Phi) is 7.34. The summed E-state index contributed by atoms with van der Waals surface area (Å²) in [7, 11) is 0. The molecule has 2 heterocycles. The summed E-state index contributed by atoms with van der Waals surface area (Å²) in [5.41, 5.74) is 11.5. The van der Waals surface area contributed by atoms with Gasteiger partial charge in [0.1, 0.15) is 40.4 Å². The van der Waals surface area contributed by atoms with Crippen LogP contribution < -0.4 is 16.4 Å². The van der Waals surface area contributed by atoms with Crippen molar-refractivity contribution in [1.82, 2.24) is 4.98 Å². The summed E-state index contributed by atoms with van der Waals surface area (Å²) in [4.78, 5) is 30.0. The van der Waals surface area contributed by atoms with Crippen molar-refractivity contribution >= 4 is 29.6 Å². The molecule has 1 aliphatic carbocycles. The second kappa shape index (κ2) is 10.4. The Morgan fingerprint density at radius 3 is 2.33 bits per heavy atom. The second-order valence-electron chi connectivity index (χ2n) is 9.03. The second-order valence-corrected chi connectivity index (χ2v) is 10.1. The summed E-state index contributed by atoms with van der Waals surface area (Å²) in [5.74, 6) is -0.0758. The van der Waals surface area contributed by atoms with Gasteiger partial charge in [-0.05, 0) is 42.7 Å². The van der Waals surface area contributed by atoms with E-state index in [2.05, 4.69) is 12.1 Å². The molecule has 2 aliphatic rings. The minimum Gasteiger partial charge on any atom is -0.447 e. The van der Waals surface area contributed by atoms with Gasteiger partial charge in [-0.3, -0.25) is 4.79 Å². The van der Waals surface area contributed by atoms with E-state index in [1.807, 2.05) is 11.0 Å². The average Bonchev–Trinajstić information content (AvgIpc) is 3.71. The van der Waals surface area contributed by atoms with E-state index < -0.39 is 22.9 Å². The molecule has 36 heavy (non-hydrogen) atoms. The van der Waals surface area contributed by atoms with Crippen LogP contribution in [0.5, 0.6) is 0 Å². The third kappa shape index (κ3) is 5.38. The Morgan fingerprint density at radius 2 is 1.81 bits per heavy atom. The SMILES string of the molecule is N#Cc1c(SC(C(N)=O)c2ccccc2)nc(N2CCC(O)(COC(N)=O)CC2)c(C#N)c1C1CC1. The van der Waals surface area contributed by atoms with Gasteiger partial charge >= 0.3 is 6.09 Å². The Balaban J connectivity index is 1.72. The highest BCUT2D eigenvalue weighted by Crippen LogP contribution is 2.48. The van der Waals surface area contributed by atoms with Crippen molar-refractivity contribution in [3.8, 4) is 12.1 Å². The molecule has 186 valence electrons. The Morgan fingerprint density at radius 1 is 1.17 bits per heavy atom. The van der Waals surface area contributed by atoms with E-state index in [0.717, 1.165) is 24.6 Å². The van der Waals surface area contributed by atoms with Crippen LogP contribution in [0, 0.1) is 22.7 Å². The first-order valence-corrected chi connectivity index (χ1v) is 12.4. The molecule has 0 bridgehead atoms. The van der Waals surface area contributed by atoms with E-state index in [1.54, 1.807) is 24.3 Å². The fourth-order valence-electron chi connectivity index (χ4n) is 4.40. The van der Waals surface area contributed by atoms with Crippen LogP contribution in [0.25, 0.3) is 0 Å². The highest BCUT2D eigenvalue weighted by molar-refractivity contribution is 8.00. The summed E-state index contributed by atoms with van der Waals surface area (Å²) >= 11 is 1.10. The highest BCUT2D eigenvalue weighted by atomic mass is 32.2. The summed E-state index contributed by atoms with van der Waals surface area (Å²) in [6.45, 7) is 0.477. The minimum atomic E-state index is -1.23. The van der Waals surface area contributed by atoms with Crippen molar-refractivity contribution in [3.63, 3.8) is 0 Å². The number of ether oxygens (including phenoxy) is 1. The fourth-order valence-corrected chi connectivity index (χ4v) is 5.44. The standard InChI is InChI=1S/C25H26N6O4S/c26-12-17-19(15-6-7-15)18(13-27)23(36-20(21(28)32)16-4-2-1-3-5-16)30-22(17)31-10-8-25(34,9-11-31)14-35-24(29)33/h1-5,15,20,34H,6-11,14H2,(H2,28,32)(H2,29,33). The monoisotopic (exact) mass is 506 g/mol. The van der Waals surface area contributed by atoms with Crippen LogP contribution in [0.15, 0.2) is 35.4 Å². The zero-order valence-electron chi connectivity index (χ0n) is 19.5. The number of primary amides is 2. The van der Waals surface area contributed by atoms with Gasteiger partial charge in [-0.2, -0.15) is 10.5 Å². The molecule has 2 amide bonds. The van der Waals surface area contributed by atoms with Gasteiger partial charge in [0.15, 0.2) is 0 Å². The van der Waals surface area contributed by atoms with Crippen LogP contribution in [0.3, 0.4) is 0 Å². The number of anilines is 1. The number of pyridine rings is 1. The molecule has 2 fully saturated rings. The summed E-state index contributed by atoms with van der Waals surface area (Å²) in [6.07, 6.45) is 1.30. The van der Waals surface area contributed by atoms with E-state index in [-0.39, 0.29) is 25.4 Å². The number of carbonyl (C=O) groups excluding carboxylic acids is 2. The van der Waals surface area contributed by atoms with Crippen molar-refractivity contribution in [2.45, 2.75) is 47.5 Å². The molecule has 11 heteroatoms. The lowest BCUT2D eigenvalue weighted by Gasteiger charge is -2.38. The number of nitrogens with zero attached hydrogens (tertiary/aromatic N) is 4. The van der Waals surface area contributed by atoms with Crippen LogP contribution in [0.1, 0.15) is 59.1 Å². The average molecular weight is 507 g/mol. The van der Waals surface area contributed by atoms with Gasteiger partial charge in [0.2, 0.25) is 5.91 Å². The predicted molar refractivity (Wildman–Crippen MR) is 132 cm³/mol. The number of hydrogen-bond acceptors (Lipinski definition) is 9. The molecule has 1 saturated carbocycles. The molecule has 1 unspecified atom stereocenters. The van der Waals surface area contributed by atoms with E-state index in [0.29, 0.717) is 46.2 Å². The molecule has 2 aromatic rings. The largest absolute Gasteiger partial charge is 0.447 e. The number of hydrogen-bond donors (Lipinski definition) is 3. The molecule has 10 nitrogen and oxygen atoms in total. The number of rotatable bonds is 8. The van der Waals surface area contributed by atoms with Crippen molar-refractivity contribution in [2.75, 3.05) is 24.6 Å². The van der Waals surface area contributed by atoms with Gasteiger partial charge in [-0.25, -0.2) is 9.78 Å². The van der Waals surface area contributed by atoms with Gasteiger partial charge in [-0.1, -0.05) is 42.1 Å². The van der Waals surface area contributed by atoms with Crippen LogP contribution >= 0.6 is 11.8 Å². The Bertz CT molecular complexity index is 1240. The number of nitriles is 2. The fraction of sp³-hybridized carbons (Fsp3) is 0.400. The molecule has 1 saturated heterocycles. The maximum absolute atomic E-state index is 12.4. The molecule has 1 atom stereocenters. The van der Waals surface area contributed by atoms with E-state index >= 15 is 0 Å². The zero-order chi connectivity index (χ0) is 25.9. The van der Waals surface area contributed by atoms with Gasteiger partial charge in [0.25, 0.3) is 0 Å². The number of thioether (sulfide) groups is 1. The van der Waals surface area contributed by atoms with Crippen molar-refractivity contribution in [3.05, 3.63) is 52.6 Å². The van der Waals surface area contributed by atoms with Crippen molar-refractivity contribution in [2.24, 2.45) is 11.5 Å². The molecule has 4 rings (SSSR count). The maximum atomic E-state index is 12.4. The molecule has 0 spiro atoms. The molecule has 1 aromatic heterocycles. The lowest BCUT2D eigenvalue weighted by molar-refractivity contribution is -0.117. The molecule has 1 aliphatic heterocycles. The molecule has 5 N–H and O–H groups in total. The van der Waals surface area contributed by atoms with Crippen LogP contribution in [0.4, 0.5) is 10.6 Å². The highest BCUT2D eigenvalue weighted by Gasteiger charge is 2.38. The Hall–Kier alpha value is -3.80. The first-order valence-electron chi connectivity index (χ1n) is 11.5. The maximum Gasteiger partial charge on any atom is 0.404 e. The molecular weight excluding hydrogens is 480 g/mol. The number of piperidine rings is 1. The Labute approximate surface area is 212 Å². The normalized spacial score (nSPS) is 17.5. The number of carbonyl (C=O) groups is 2. The van der Waals surface area contributed by atoms with Gasteiger partial charge in [0, 0.05) is 13.1 Å². The number of aliphatic hydroxyl groups is 1. The number of aromatic nitrogens is 1. The predicted octanol–water partition coefficient (Wildman–Crippen LogP) is 2.45. The first kappa shape index (κ1) is 25.3. The topological polar surface area (TPSA) is 179 Å². The van der Waals surface area contributed by atoms with Crippen molar-refractivity contribution < 1.29 is 19.4 Å². The number of nitrogens with two attached hydrogens (primary N) is 2. The lowest BCUT2D eigenvalue weighted by atomic mass is 9.91. The van der Waals surface area contributed by atoms with E-state index in [9.17, 15) is 25.2 Å². The number of amides is 2. The number of benzene rings is 1. The molecular formula is C25H26N6O4S. The molecule has 1 aromatic carbocycles.